The highest BCUT2D eigenvalue weighted by Gasteiger charge is 2.49. The molecule has 1 atom stereocenters. The Labute approximate surface area is 151 Å². The maximum Gasteiger partial charge on any atom is 0.387 e. The molecule has 3 rings (SSSR count). The number of carbonyl (C=O) groups excluding carboxylic acids is 3. The summed E-state index contributed by atoms with van der Waals surface area (Å²) in [6.07, 6.45) is 0. The Kier molecular flexibility index (Phi) is 4.73. The van der Waals surface area contributed by atoms with E-state index in [0.717, 1.165) is 4.90 Å². The lowest BCUT2D eigenvalue weighted by molar-refractivity contribution is -0.130. The van der Waals surface area contributed by atoms with Crippen LogP contribution in [0.5, 0.6) is 5.75 Å². The van der Waals surface area contributed by atoms with Gasteiger partial charge in [0.15, 0.2) is 5.78 Å². The molecular weight excluding hydrogens is 366 g/mol. The number of rotatable bonds is 6. The van der Waals surface area contributed by atoms with Crippen LogP contribution in [0.1, 0.15) is 22.2 Å². The van der Waals surface area contributed by atoms with Gasteiger partial charge in [0.05, 0.1) is 11.4 Å². The molecule has 2 heterocycles. The van der Waals surface area contributed by atoms with Crippen molar-refractivity contribution in [1.82, 2.24) is 10.2 Å². The molecule has 6 nitrogen and oxygen atoms in total. The van der Waals surface area contributed by atoms with Gasteiger partial charge in [0.2, 0.25) is 0 Å². The van der Waals surface area contributed by atoms with Gasteiger partial charge in [-0.1, -0.05) is 18.2 Å². The van der Waals surface area contributed by atoms with Crippen LogP contribution in [0.2, 0.25) is 0 Å². The van der Waals surface area contributed by atoms with E-state index >= 15 is 0 Å². The van der Waals surface area contributed by atoms with Gasteiger partial charge >= 0.3 is 12.6 Å². The van der Waals surface area contributed by atoms with Crippen molar-refractivity contribution in [2.45, 2.75) is 19.1 Å². The number of alkyl halides is 2. The highest BCUT2D eigenvalue weighted by molar-refractivity contribution is 7.12. The van der Waals surface area contributed by atoms with Gasteiger partial charge in [-0.05, 0) is 36.1 Å². The average molecular weight is 380 g/mol. The number of hydrogen-bond acceptors (Lipinski definition) is 5. The second-order valence-electron chi connectivity index (χ2n) is 5.75. The number of halogens is 2. The molecule has 3 amide bonds. The third-order valence-corrected chi connectivity index (χ3v) is 4.94. The maximum absolute atomic E-state index is 12.7. The van der Waals surface area contributed by atoms with Gasteiger partial charge in [-0.25, -0.2) is 4.79 Å². The Bertz CT molecular complexity index is 839. The number of Topliss-reactive ketones (excluding diaryl/α,β-unsaturated/α-hetero) is 1. The van der Waals surface area contributed by atoms with Crippen LogP contribution in [-0.2, 0) is 10.3 Å². The van der Waals surface area contributed by atoms with Gasteiger partial charge in [-0.15, -0.1) is 11.3 Å². The van der Waals surface area contributed by atoms with Crippen molar-refractivity contribution >= 4 is 29.1 Å². The largest absolute Gasteiger partial charge is 0.435 e. The average Bonchev–Trinajstić information content (AvgIpc) is 3.19. The Morgan fingerprint density at radius 2 is 1.96 bits per heavy atom. The quantitative estimate of drug-likeness (QED) is 0.618. The van der Waals surface area contributed by atoms with Crippen molar-refractivity contribution in [3.8, 4) is 5.75 Å². The van der Waals surface area contributed by atoms with E-state index in [1.54, 1.807) is 17.5 Å². The molecule has 1 aromatic heterocycles. The fraction of sp³-hybridized carbons (Fsp3) is 0.235. The van der Waals surface area contributed by atoms with Crippen LogP contribution in [0.15, 0.2) is 41.8 Å². The van der Waals surface area contributed by atoms with E-state index in [-0.39, 0.29) is 18.1 Å². The number of carbonyl (C=O) groups is 3. The normalized spacial score (nSPS) is 19.8. The van der Waals surface area contributed by atoms with Crippen LogP contribution < -0.4 is 10.1 Å². The van der Waals surface area contributed by atoms with Gasteiger partial charge in [0, 0.05) is 0 Å². The van der Waals surface area contributed by atoms with Crippen molar-refractivity contribution in [2.75, 3.05) is 6.54 Å². The molecular formula is C17H14F2N2O4S. The van der Waals surface area contributed by atoms with Crippen molar-refractivity contribution in [1.29, 1.82) is 0 Å². The molecule has 136 valence electrons. The molecule has 0 bridgehead atoms. The Hall–Kier alpha value is -2.81. The first-order valence-electron chi connectivity index (χ1n) is 7.57. The standard InChI is InChI=1S/C17H14F2N2O4S/c1-17(10-4-6-11(7-5-10)25-15(18)19)14(23)21(16(24)20-17)9-12(22)13-3-2-8-26-13/h2-8,15H,9H2,1H3,(H,20,24)/t17-/m0/s1. The monoisotopic (exact) mass is 380 g/mol. The zero-order valence-electron chi connectivity index (χ0n) is 13.6. The lowest BCUT2D eigenvalue weighted by Crippen LogP contribution is -2.41. The number of benzene rings is 1. The molecule has 26 heavy (non-hydrogen) atoms. The van der Waals surface area contributed by atoms with Gasteiger partial charge < -0.3 is 10.1 Å². The van der Waals surface area contributed by atoms with E-state index in [2.05, 4.69) is 10.1 Å². The second kappa shape index (κ2) is 6.83. The third-order valence-electron chi connectivity index (χ3n) is 4.03. The van der Waals surface area contributed by atoms with Crippen molar-refractivity contribution in [3.63, 3.8) is 0 Å². The number of hydrogen-bond donors (Lipinski definition) is 1. The predicted octanol–water partition coefficient (Wildman–Crippen LogP) is 3.00. The van der Waals surface area contributed by atoms with Crippen LogP contribution in [0.3, 0.4) is 0 Å². The number of urea groups is 1. The minimum Gasteiger partial charge on any atom is -0.435 e. The van der Waals surface area contributed by atoms with Crippen LogP contribution in [0, 0.1) is 0 Å². The topological polar surface area (TPSA) is 75.7 Å². The van der Waals surface area contributed by atoms with Crippen LogP contribution in [-0.4, -0.2) is 35.8 Å². The zero-order valence-corrected chi connectivity index (χ0v) is 14.4. The number of ether oxygens (including phenoxy) is 1. The summed E-state index contributed by atoms with van der Waals surface area (Å²) in [5.41, 5.74) is -1.00. The van der Waals surface area contributed by atoms with E-state index in [1.807, 2.05) is 0 Å². The van der Waals surface area contributed by atoms with E-state index in [4.69, 9.17) is 0 Å². The highest BCUT2D eigenvalue weighted by atomic mass is 32.1. The van der Waals surface area contributed by atoms with E-state index in [1.165, 1.54) is 42.5 Å². The molecule has 1 aliphatic rings. The maximum atomic E-state index is 12.7. The molecule has 1 saturated heterocycles. The number of ketones is 1. The van der Waals surface area contributed by atoms with Crippen LogP contribution in [0.4, 0.5) is 13.6 Å². The fourth-order valence-corrected chi connectivity index (χ4v) is 3.32. The van der Waals surface area contributed by atoms with Crippen molar-refractivity contribution in [2.24, 2.45) is 0 Å². The first-order chi connectivity index (χ1) is 12.3. The Balaban J connectivity index is 1.79. The number of imide groups is 1. The molecule has 9 heteroatoms. The minimum absolute atomic E-state index is 0.0612. The van der Waals surface area contributed by atoms with E-state index < -0.39 is 24.1 Å². The Morgan fingerprint density at radius 1 is 1.27 bits per heavy atom. The summed E-state index contributed by atoms with van der Waals surface area (Å²) in [6.45, 7) is -1.83. The van der Waals surface area contributed by atoms with Crippen molar-refractivity contribution < 1.29 is 27.9 Å². The van der Waals surface area contributed by atoms with Crippen LogP contribution >= 0.6 is 11.3 Å². The SMILES string of the molecule is C[C@@]1(c2ccc(OC(F)F)cc2)NC(=O)N(CC(=O)c2cccs2)C1=O. The van der Waals surface area contributed by atoms with Crippen LogP contribution in [0.25, 0.3) is 0 Å². The smallest absolute Gasteiger partial charge is 0.387 e. The molecule has 1 fully saturated rings. The molecule has 0 unspecified atom stereocenters. The molecule has 0 aliphatic carbocycles. The first kappa shape index (κ1) is 18.0. The summed E-state index contributed by atoms with van der Waals surface area (Å²) < 4.78 is 28.7. The molecule has 0 saturated carbocycles. The summed E-state index contributed by atoms with van der Waals surface area (Å²) in [5.74, 6) is -0.989. The van der Waals surface area contributed by atoms with Gasteiger partial charge in [-0.3, -0.25) is 14.5 Å². The van der Waals surface area contributed by atoms with Crippen molar-refractivity contribution in [3.05, 3.63) is 52.2 Å². The Morgan fingerprint density at radius 3 is 2.54 bits per heavy atom. The fourth-order valence-electron chi connectivity index (χ4n) is 2.66. The van der Waals surface area contributed by atoms with E-state index in [9.17, 15) is 23.2 Å². The predicted molar refractivity (Wildman–Crippen MR) is 89.3 cm³/mol. The van der Waals surface area contributed by atoms with Gasteiger partial charge in [0.25, 0.3) is 5.91 Å². The number of nitrogens with zero attached hydrogens (tertiary/aromatic N) is 1. The second-order valence-corrected chi connectivity index (χ2v) is 6.70. The number of thiophene rings is 1. The summed E-state index contributed by atoms with van der Waals surface area (Å²) >= 11 is 1.23. The minimum atomic E-state index is -2.96. The first-order valence-corrected chi connectivity index (χ1v) is 8.45. The number of nitrogens with one attached hydrogen (secondary N) is 1. The highest BCUT2D eigenvalue weighted by Crippen LogP contribution is 2.30. The van der Waals surface area contributed by atoms with Gasteiger partial charge in [0.1, 0.15) is 11.3 Å². The third kappa shape index (κ3) is 3.30. The van der Waals surface area contributed by atoms with E-state index in [0.29, 0.717) is 10.4 Å². The lowest BCUT2D eigenvalue weighted by Gasteiger charge is -2.22. The molecule has 0 radical (unpaired) electrons. The van der Waals surface area contributed by atoms with Gasteiger partial charge in [-0.2, -0.15) is 8.78 Å². The lowest BCUT2D eigenvalue weighted by atomic mass is 9.92. The summed E-state index contributed by atoms with van der Waals surface area (Å²) in [5, 5.41) is 4.29. The molecule has 1 N–H and O–H groups in total. The summed E-state index contributed by atoms with van der Waals surface area (Å²) in [4.78, 5) is 38.5. The molecule has 1 aliphatic heterocycles. The zero-order chi connectivity index (χ0) is 18.9. The molecule has 2 aromatic rings. The summed E-state index contributed by atoms with van der Waals surface area (Å²) in [7, 11) is 0. The number of amides is 3. The summed E-state index contributed by atoms with van der Waals surface area (Å²) in [6, 6.07) is 8.04. The molecule has 0 spiro atoms. The molecule has 1 aromatic carbocycles.